The zero-order valence-corrected chi connectivity index (χ0v) is 13.1. The first-order valence-electron chi connectivity index (χ1n) is 6.75. The molecule has 0 aliphatic carbocycles. The minimum atomic E-state index is -0.670. The topological polar surface area (TPSA) is 80.3 Å². The fraction of sp³-hybridized carbons (Fsp3) is 0.267. The number of carbonyl (C=O) groups is 2. The molecule has 1 aromatic heterocycles. The Kier molecular flexibility index (Phi) is 5.48. The zero-order valence-electron chi connectivity index (χ0n) is 12.3. The molecule has 6 nitrogen and oxygen atoms in total. The van der Waals surface area contributed by atoms with Crippen molar-refractivity contribution in [1.82, 2.24) is 10.3 Å². The number of aryl methyl sites for hydroxylation is 1. The van der Waals surface area contributed by atoms with Crippen molar-refractivity contribution >= 4 is 28.3 Å². The van der Waals surface area contributed by atoms with Crippen LogP contribution in [0.4, 0.5) is 5.13 Å². The Morgan fingerprint density at radius 1 is 1.32 bits per heavy atom. The lowest BCUT2D eigenvalue weighted by Gasteiger charge is -2.13. The molecule has 0 aliphatic heterocycles. The van der Waals surface area contributed by atoms with Crippen molar-refractivity contribution in [2.45, 2.75) is 19.9 Å². The molecule has 0 fully saturated rings. The van der Waals surface area contributed by atoms with Gasteiger partial charge in [-0.1, -0.05) is 18.2 Å². The maximum Gasteiger partial charge on any atom is 0.258 e. The maximum absolute atomic E-state index is 11.9. The molecule has 2 aromatic rings. The number of thiazole rings is 1. The molecule has 2 rings (SSSR count). The van der Waals surface area contributed by atoms with Crippen LogP contribution < -0.4 is 15.4 Å². The summed E-state index contributed by atoms with van der Waals surface area (Å²) in [6, 6.07) is 8.34. The molecule has 0 bridgehead atoms. The van der Waals surface area contributed by atoms with Gasteiger partial charge in [-0.15, -0.1) is 11.3 Å². The van der Waals surface area contributed by atoms with Crippen molar-refractivity contribution in [1.29, 1.82) is 0 Å². The molecule has 1 aromatic carbocycles. The zero-order chi connectivity index (χ0) is 15.9. The lowest BCUT2D eigenvalue weighted by atomic mass is 10.3. The lowest BCUT2D eigenvalue weighted by Crippen LogP contribution is -2.43. The van der Waals surface area contributed by atoms with Gasteiger partial charge in [0.2, 0.25) is 5.91 Å². The number of rotatable bonds is 6. The van der Waals surface area contributed by atoms with Crippen LogP contribution in [-0.2, 0) is 9.59 Å². The van der Waals surface area contributed by atoms with Crippen LogP contribution in [0.3, 0.4) is 0 Å². The molecule has 1 atom stereocenters. The largest absolute Gasteiger partial charge is 0.484 e. The summed E-state index contributed by atoms with van der Waals surface area (Å²) in [5.41, 5.74) is 0. The average Bonchev–Trinajstić information content (AvgIpc) is 2.91. The van der Waals surface area contributed by atoms with Gasteiger partial charge >= 0.3 is 0 Å². The third-order valence-electron chi connectivity index (χ3n) is 2.74. The molecule has 0 saturated carbocycles. The van der Waals surface area contributed by atoms with E-state index < -0.39 is 6.04 Å². The molecule has 7 heteroatoms. The Morgan fingerprint density at radius 2 is 2.05 bits per heavy atom. The van der Waals surface area contributed by atoms with Gasteiger partial charge in [0.25, 0.3) is 5.91 Å². The predicted molar refractivity (Wildman–Crippen MR) is 85.0 cm³/mol. The normalized spacial score (nSPS) is 11.5. The third-order valence-corrected chi connectivity index (χ3v) is 3.56. The number of carbonyl (C=O) groups excluding carboxylic acids is 2. The van der Waals surface area contributed by atoms with E-state index in [1.165, 1.54) is 11.3 Å². The van der Waals surface area contributed by atoms with Gasteiger partial charge in [-0.25, -0.2) is 4.98 Å². The summed E-state index contributed by atoms with van der Waals surface area (Å²) in [6.07, 6.45) is 1.68. The number of ether oxygens (including phenoxy) is 1. The molecule has 2 amide bonds. The minimum Gasteiger partial charge on any atom is -0.484 e. The van der Waals surface area contributed by atoms with E-state index in [1.54, 1.807) is 25.3 Å². The van der Waals surface area contributed by atoms with Gasteiger partial charge < -0.3 is 15.4 Å². The molecule has 22 heavy (non-hydrogen) atoms. The number of nitrogens with one attached hydrogen (secondary N) is 2. The van der Waals surface area contributed by atoms with Gasteiger partial charge in [-0.3, -0.25) is 9.59 Å². The summed E-state index contributed by atoms with van der Waals surface area (Å²) in [5, 5.41) is 5.75. The highest BCUT2D eigenvalue weighted by atomic mass is 32.1. The molecule has 0 aliphatic rings. The number of hydrogen-bond acceptors (Lipinski definition) is 5. The SMILES string of the molecule is Cc1cnc(NC(=O)C(C)NC(=O)COc2ccccc2)s1. The minimum absolute atomic E-state index is 0.141. The number of aromatic nitrogens is 1. The van der Waals surface area contributed by atoms with Crippen LogP contribution in [0.2, 0.25) is 0 Å². The van der Waals surface area contributed by atoms with Gasteiger partial charge in [0.05, 0.1) is 0 Å². The van der Waals surface area contributed by atoms with Gasteiger partial charge in [-0.05, 0) is 26.0 Å². The van der Waals surface area contributed by atoms with Crippen molar-refractivity contribution < 1.29 is 14.3 Å². The van der Waals surface area contributed by atoms with Crippen LogP contribution >= 0.6 is 11.3 Å². The van der Waals surface area contributed by atoms with Crippen molar-refractivity contribution in [3.05, 3.63) is 41.4 Å². The van der Waals surface area contributed by atoms with E-state index in [1.807, 2.05) is 25.1 Å². The predicted octanol–water partition coefficient (Wildman–Crippen LogP) is 1.97. The highest BCUT2D eigenvalue weighted by Gasteiger charge is 2.17. The van der Waals surface area contributed by atoms with Crippen LogP contribution in [0.5, 0.6) is 5.75 Å². The van der Waals surface area contributed by atoms with Crippen LogP contribution in [0.25, 0.3) is 0 Å². The molecule has 1 heterocycles. The molecule has 0 saturated heterocycles. The van der Waals surface area contributed by atoms with Gasteiger partial charge in [-0.2, -0.15) is 0 Å². The highest BCUT2D eigenvalue weighted by molar-refractivity contribution is 7.15. The first kappa shape index (κ1) is 16.0. The van der Waals surface area contributed by atoms with Crippen molar-refractivity contribution in [2.75, 3.05) is 11.9 Å². The van der Waals surface area contributed by atoms with Crippen LogP contribution in [-0.4, -0.2) is 29.4 Å². The van der Waals surface area contributed by atoms with E-state index in [2.05, 4.69) is 15.6 Å². The monoisotopic (exact) mass is 319 g/mol. The summed E-state index contributed by atoms with van der Waals surface area (Å²) in [4.78, 5) is 28.7. The van der Waals surface area contributed by atoms with Gasteiger partial charge in [0.1, 0.15) is 11.8 Å². The average molecular weight is 319 g/mol. The molecular weight excluding hydrogens is 302 g/mol. The van der Waals surface area contributed by atoms with Crippen molar-refractivity contribution in [3.63, 3.8) is 0 Å². The van der Waals surface area contributed by atoms with E-state index in [0.29, 0.717) is 10.9 Å². The summed E-state index contributed by atoms with van der Waals surface area (Å²) >= 11 is 1.38. The highest BCUT2D eigenvalue weighted by Crippen LogP contribution is 2.16. The van der Waals surface area contributed by atoms with Crippen LogP contribution in [0, 0.1) is 6.92 Å². The first-order chi connectivity index (χ1) is 10.5. The van der Waals surface area contributed by atoms with Gasteiger partial charge in [0.15, 0.2) is 11.7 Å². The Hall–Kier alpha value is -2.41. The Morgan fingerprint density at radius 3 is 2.68 bits per heavy atom. The summed E-state index contributed by atoms with van der Waals surface area (Å²) < 4.78 is 5.32. The van der Waals surface area contributed by atoms with E-state index in [4.69, 9.17) is 4.74 Å². The Bertz CT molecular complexity index is 642. The molecule has 0 spiro atoms. The third kappa shape index (κ3) is 4.85. The molecule has 0 radical (unpaired) electrons. The number of amides is 2. The summed E-state index contributed by atoms with van der Waals surface area (Å²) in [7, 11) is 0. The number of anilines is 1. The lowest BCUT2D eigenvalue weighted by molar-refractivity contribution is -0.127. The van der Waals surface area contributed by atoms with E-state index in [9.17, 15) is 9.59 Å². The van der Waals surface area contributed by atoms with Crippen molar-refractivity contribution in [3.8, 4) is 5.75 Å². The first-order valence-corrected chi connectivity index (χ1v) is 7.57. The molecular formula is C15H17N3O3S. The maximum atomic E-state index is 11.9. The van der Waals surface area contributed by atoms with E-state index >= 15 is 0 Å². The van der Waals surface area contributed by atoms with E-state index in [0.717, 1.165) is 4.88 Å². The number of para-hydroxylation sites is 1. The fourth-order valence-corrected chi connectivity index (χ4v) is 2.31. The summed E-state index contributed by atoms with van der Waals surface area (Å²) in [6.45, 7) is 3.37. The van der Waals surface area contributed by atoms with E-state index in [-0.39, 0.29) is 18.4 Å². The molecule has 116 valence electrons. The second-order valence-corrected chi connectivity index (χ2v) is 5.89. The number of benzene rings is 1. The number of hydrogen-bond donors (Lipinski definition) is 2. The molecule has 2 N–H and O–H groups in total. The molecule has 1 unspecified atom stereocenters. The Balaban J connectivity index is 1.76. The second kappa shape index (κ2) is 7.56. The smallest absolute Gasteiger partial charge is 0.258 e. The van der Waals surface area contributed by atoms with Crippen LogP contribution in [0.1, 0.15) is 11.8 Å². The number of nitrogens with zero attached hydrogens (tertiary/aromatic N) is 1. The Labute approximate surface area is 132 Å². The van der Waals surface area contributed by atoms with Crippen LogP contribution in [0.15, 0.2) is 36.5 Å². The summed E-state index contributed by atoms with van der Waals surface area (Å²) in [5.74, 6) is -0.0720. The second-order valence-electron chi connectivity index (χ2n) is 4.66. The quantitative estimate of drug-likeness (QED) is 0.853. The van der Waals surface area contributed by atoms with Gasteiger partial charge in [0, 0.05) is 11.1 Å². The van der Waals surface area contributed by atoms with Crippen molar-refractivity contribution in [2.24, 2.45) is 0 Å². The standard InChI is InChI=1S/C15H17N3O3S/c1-10-8-16-15(22-10)18-14(20)11(2)17-13(19)9-21-12-6-4-3-5-7-12/h3-8,11H,9H2,1-2H3,(H,17,19)(H,16,18,20). The fourth-order valence-electron chi connectivity index (χ4n) is 1.64.